The zero-order valence-electron chi connectivity index (χ0n) is 22.2. The van der Waals surface area contributed by atoms with Gasteiger partial charge in [0, 0.05) is 18.0 Å². The molecule has 0 aliphatic rings. The van der Waals surface area contributed by atoms with Crippen LogP contribution >= 0.6 is 23.1 Å². The Balaban J connectivity index is 1.42. The van der Waals surface area contributed by atoms with E-state index < -0.39 is 5.97 Å². The number of methoxy groups -OCH3 is 1. The van der Waals surface area contributed by atoms with E-state index in [9.17, 15) is 9.59 Å². The molecule has 0 aliphatic heterocycles. The number of esters is 1. The minimum absolute atomic E-state index is 0.0985. The van der Waals surface area contributed by atoms with Crippen molar-refractivity contribution >= 4 is 40.0 Å². The smallest absolute Gasteiger partial charge is 0.341 e. The first-order chi connectivity index (χ1) is 18.2. The lowest BCUT2D eigenvalue weighted by Gasteiger charge is -2.10. The molecule has 0 unspecified atom stereocenters. The standard InChI is InChI=1S/C28H30N4O4S2/c1-16-7-8-18(3)21(11-16)22-14-37-26(25(22)27(34)35-6)29-24(33)15-38-28-31-30-23(32(28)5)13-36-20-10-9-17(2)19(4)12-20/h7-12,14H,13,15H2,1-6H3,(H,29,33). The molecule has 8 nitrogen and oxygen atoms in total. The molecule has 1 amide bonds. The van der Waals surface area contributed by atoms with E-state index in [0.717, 1.165) is 33.6 Å². The minimum atomic E-state index is -0.494. The number of nitrogens with one attached hydrogen (secondary N) is 1. The highest BCUT2D eigenvalue weighted by Crippen LogP contribution is 2.38. The van der Waals surface area contributed by atoms with Crippen LogP contribution in [0.5, 0.6) is 5.75 Å². The predicted molar refractivity (Wildman–Crippen MR) is 151 cm³/mol. The molecule has 1 N–H and O–H groups in total. The fourth-order valence-corrected chi connectivity index (χ4v) is 5.51. The van der Waals surface area contributed by atoms with Gasteiger partial charge in [-0.15, -0.1) is 21.5 Å². The number of aryl methyl sites for hydroxylation is 4. The third-order valence-electron chi connectivity index (χ3n) is 6.22. The number of nitrogens with zero attached hydrogens (tertiary/aromatic N) is 3. The van der Waals surface area contributed by atoms with Gasteiger partial charge >= 0.3 is 5.97 Å². The number of hydrogen-bond acceptors (Lipinski definition) is 8. The Hall–Kier alpha value is -3.63. The van der Waals surface area contributed by atoms with Crippen molar-refractivity contribution in [2.24, 2.45) is 7.05 Å². The van der Waals surface area contributed by atoms with Crippen molar-refractivity contribution in [2.45, 2.75) is 39.5 Å². The molecule has 0 fully saturated rings. The van der Waals surface area contributed by atoms with Gasteiger partial charge in [0.05, 0.1) is 12.9 Å². The molecule has 2 aromatic carbocycles. The number of aromatic nitrogens is 3. The number of amides is 1. The quantitative estimate of drug-likeness (QED) is 0.206. The van der Waals surface area contributed by atoms with Crippen LogP contribution in [0.2, 0.25) is 0 Å². The first kappa shape index (κ1) is 27.4. The van der Waals surface area contributed by atoms with Crippen molar-refractivity contribution in [3.8, 4) is 16.9 Å². The van der Waals surface area contributed by atoms with Crippen molar-refractivity contribution in [3.05, 3.63) is 75.4 Å². The molecule has 0 atom stereocenters. The van der Waals surface area contributed by atoms with Crippen LogP contribution in [0.15, 0.2) is 46.9 Å². The second-order valence-corrected chi connectivity index (χ2v) is 10.8. The maximum atomic E-state index is 12.8. The molecule has 0 aliphatic carbocycles. The second kappa shape index (κ2) is 11.8. The minimum Gasteiger partial charge on any atom is -0.486 e. The summed E-state index contributed by atoms with van der Waals surface area (Å²) in [5.41, 5.74) is 6.51. The highest BCUT2D eigenvalue weighted by molar-refractivity contribution is 7.99. The van der Waals surface area contributed by atoms with Crippen LogP contribution in [0.25, 0.3) is 11.1 Å². The lowest BCUT2D eigenvalue weighted by Crippen LogP contribution is -2.16. The molecule has 38 heavy (non-hydrogen) atoms. The molecular formula is C28H30N4O4S2. The average molecular weight is 551 g/mol. The van der Waals surface area contributed by atoms with Crippen molar-refractivity contribution < 1.29 is 19.1 Å². The molecule has 0 bridgehead atoms. The summed E-state index contributed by atoms with van der Waals surface area (Å²) in [5.74, 6) is 0.761. The Morgan fingerprint density at radius 3 is 2.50 bits per heavy atom. The summed E-state index contributed by atoms with van der Waals surface area (Å²) >= 11 is 2.56. The van der Waals surface area contributed by atoms with Gasteiger partial charge in [0.1, 0.15) is 22.9 Å². The Morgan fingerprint density at radius 2 is 1.76 bits per heavy atom. The van der Waals surface area contributed by atoms with Gasteiger partial charge in [-0.3, -0.25) is 4.79 Å². The summed E-state index contributed by atoms with van der Waals surface area (Å²) in [5, 5.41) is 14.2. The first-order valence-corrected chi connectivity index (χ1v) is 13.8. The Kier molecular flexibility index (Phi) is 8.53. The van der Waals surface area contributed by atoms with Gasteiger partial charge in [-0.1, -0.05) is 41.6 Å². The molecule has 4 rings (SSSR count). The van der Waals surface area contributed by atoms with E-state index in [0.29, 0.717) is 21.5 Å². The van der Waals surface area contributed by atoms with Gasteiger partial charge in [0.25, 0.3) is 0 Å². The van der Waals surface area contributed by atoms with Crippen LogP contribution in [0, 0.1) is 27.7 Å². The van der Waals surface area contributed by atoms with E-state index >= 15 is 0 Å². The van der Waals surface area contributed by atoms with Crippen LogP contribution in [0.3, 0.4) is 0 Å². The summed E-state index contributed by atoms with van der Waals surface area (Å²) in [7, 11) is 3.17. The van der Waals surface area contributed by atoms with E-state index in [2.05, 4.69) is 22.4 Å². The number of carbonyl (C=O) groups excluding carboxylic acids is 2. The van der Waals surface area contributed by atoms with E-state index in [1.165, 1.54) is 35.8 Å². The molecular weight excluding hydrogens is 520 g/mol. The highest BCUT2D eigenvalue weighted by atomic mass is 32.2. The third-order valence-corrected chi connectivity index (χ3v) is 8.14. The van der Waals surface area contributed by atoms with Crippen molar-refractivity contribution in [1.29, 1.82) is 0 Å². The fraction of sp³-hybridized carbons (Fsp3) is 0.286. The third kappa shape index (κ3) is 6.08. The second-order valence-electron chi connectivity index (χ2n) is 8.99. The Bertz CT molecular complexity index is 1490. The SMILES string of the molecule is COC(=O)c1c(-c2cc(C)ccc2C)csc1NC(=O)CSc1nnc(COc2ccc(C)c(C)c2)n1C. The van der Waals surface area contributed by atoms with Crippen LogP contribution in [0.4, 0.5) is 5.00 Å². The molecule has 198 valence electrons. The highest BCUT2D eigenvalue weighted by Gasteiger charge is 2.23. The number of ether oxygens (including phenoxy) is 2. The van der Waals surface area contributed by atoms with Gasteiger partial charge in [0.2, 0.25) is 5.91 Å². The average Bonchev–Trinajstić information content (AvgIpc) is 3.47. The van der Waals surface area contributed by atoms with Crippen molar-refractivity contribution in [1.82, 2.24) is 14.8 Å². The number of hydrogen-bond donors (Lipinski definition) is 1. The monoisotopic (exact) mass is 550 g/mol. The molecule has 2 heterocycles. The molecule has 4 aromatic rings. The summed E-state index contributed by atoms with van der Waals surface area (Å²) in [6, 6.07) is 12.0. The maximum absolute atomic E-state index is 12.8. The summed E-state index contributed by atoms with van der Waals surface area (Å²) in [4.78, 5) is 25.5. The van der Waals surface area contributed by atoms with Crippen LogP contribution < -0.4 is 10.1 Å². The largest absolute Gasteiger partial charge is 0.486 e. The van der Waals surface area contributed by atoms with Crippen molar-refractivity contribution in [2.75, 3.05) is 18.2 Å². The number of thiophene rings is 1. The summed E-state index contributed by atoms with van der Waals surface area (Å²) in [6.07, 6.45) is 0. The van der Waals surface area contributed by atoms with Gasteiger partial charge in [0.15, 0.2) is 11.0 Å². The number of rotatable bonds is 9. The zero-order chi connectivity index (χ0) is 27.4. The van der Waals surface area contributed by atoms with Gasteiger partial charge in [-0.2, -0.15) is 0 Å². The summed E-state index contributed by atoms with van der Waals surface area (Å²) in [6.45, 7) is 8.35. The van der Waals surface area contributed by atoms with Crippen LogP contribution in [0.1, 0.15) is 38.4 Å². The number of carbonyl (C=O) groups is 2. The maximum Gasteiger partial charge on any atom is 0.341 e. The van der Waals surface area contributed by atoms with E-state index in [-0.39, 0.29) is 18.3 Å². The van der Waals surface area contributed by atoms with Gasteiger partial charge in [-0.05, 0) is 62.1 Å². The van der Waals surface area contributed by atoms with Crippen LogP contribution in [-0.2, 0) is 23.2 Å². The van der Waals surface area contributed by atoms with Crippen molar-refractivity contribution in [3.63, 3.8) is 0 Å². The number of thioether (sulfide) groups is 1. The van der Waals surface area contributed by atoms with E-state index in [4.69, 9.17) is 9.47 Å². The Labute approximate surface area is 230 Å². The van der Waals surface area contributed by atoms with Gasteiger partial charge in [-0.25, -0.2) is 4.79 Å². The first-order valence-electron chi connectivity index (χ1n) is 12.0. The molecule has 0 saturated carbocycles. The zero-order valence-corrected chi connectivity index (χ0v) is 23.9. The topological polar surface area (TPSA) is 95.3 Å². The van der Waals surface area contributed by atoms with Gasteiger partial charge < -0.3 is 19.4 Å². The molecule has 0 radical (unpaired) electrons. The lowest BCUT2D eigenvalue weighted by molar-refractivity contribution is -0.113. The molecule has 0 saturated heterocycles. The fourth-order valence-electron chi connectivity index (χ4n) is 3.82. The summed E-state index contributed by atoms with van der Waals surface area (Å²) < 4.78 is 12.7. The predicted octanol–water partition coefficient (Wildman–Crippen LogP) is 5.87. The Morgan fingerprint density at radius 1 is 1.00 bits per heavy atom. The number of benzene rings is 2. The van der Waals surface area contributed by atoms with E-state index in [1.54, 1.807) is 0 Å². The number of anilines is 1. The molecule has 0 spiro atoms. The van der Waals surface area contributed by atoms with Crippen LogP contribution in [-0.4, -0.2) is 39.5 Å². The molecule has 2 aromatic heterocycles. The lowest BCUT2D eigenvalue weighted by atomic mass is 9.97. The normalized spacial score (nSPS) is 10.9. The van der Waals surface area contributed by atoms with E-state index in [1.807, 2.05) is 74.2 Å². The molecule has 10 heteroatoms.